The average Bonchev–Trinajstić information content (AvgIpc) is 2.70. The number of hydrogen-bond donors (Lipinski definition) is 0. The molecule has 0 bridgehead atoms. The SMILES string of the molecule is CCOC(=O)C1(Cc2ccccc2)CCN(S(=O)(=O)c2ccccc2)CC1. The molecule has 0 spiro atoms. The summed E-state index contributed by atoms with van der Waals surface area (Å²) < 4.78 is 32.6. The van der Waals surface area contributed by atoms with Crippen molar-refractivity contribution in [2.45, 2.75) is 31.1 Å². The zero-order valence-electron chi connectivity index (χ0n) is 15.5. The molecule has 1 aliphatic heterocycles. The average molecular weight is 388 g/mol. The Bertz CT molecular complexity index is 858. The van der Waals surface area contributed by atoms with Crippen LogP contribution in [-0.2, 0) is 26.0 Å². The smallest absolute Gasteiger partial charge is 0.312 e. The summed E-state index contributed by atoms with van der Waals surface area (Å²) in [4.78, 5) is 13.0. The number of carbonyl (C=O) groups is 1. The first-order chi connectivity index (χ1) is 13.0. The fraction of sp³-hybridized carbons (Fsp3) is 0.381. The van der Waals surface area contributed by atoms with Gasteiger partial charge in [0.25, 0.3) is 0 Å². The minimum absolute atomic E-state index is 0.231. The lowest BCUT2D eigenvalue weighted by molar-refractivity contribution is -0.158. The lowest BCUT2D eigenvalue weighted by atomic mass is 9.74. The Morgan fingerprint density at radius 1 is 1.00 bits per heavy atom. The van der Waals surface area contributed by atoms with Crippen LogP contribution in [0.3, 0.4) is 0 Å². The summed E-state index contributed by atoms with van der Waals surface area (Å²) in [5.41, 5.74) is 0.380. The number of benzene rings is 2. The summed E-state index contributed by atoms with van der Waals surface area (Å²) in [5.74, 6) is -0.231. The van der Waals surface area contributed by atoms with Gasteiger partial charge in [-0.15, -0.1) is 0 Å². The highest BCUT2D eigenvalue weighted by molar-refractivity contribution is 7.89. The van der Waals surface area contributed by atoms with E-state index in [1.54, 1.807) is 37.3 Å². The first kappa shape index (κ1) is 19.6. The molecule has 2 aromatic carbocycles. The molecule has 0 unspecified atom stereocenters. The maximum absolute atomic E-state index is 12.9. The van der Waals surface area contributed by atoms with Gasteiger partial charge < -0.3 is 4.74 Å². The van der Waals surface area contributed by atoms with Crippen molar-refractivity contribution in [1.29, 1.82) is 0 Å². The van der Waals surface area contributed by atoms with Crippen LogP contribution in [0.15, 0.2) is 65.6 Å². The third kappa shape index (κ3) is 4.22. The van der Waals surface area contributed by atoms with Crippen LogP contribution in [0.4, 0.5) is 0 Å². The Kier molecular flexibility index (Phi) is 5.97. The predicted octanol–water partition coefficient (Wildman–Crippen LogP) is 3.26. The third-order valence-electron chi connectivity index (χ3n) is 5.15. The van der Waals surface area contributed by atoms with E-state index in [9.17, 15) is 13.2 Å². The topological polar surface area (TPSA) is 63.7 Å². The highest BCUT2D eigenvalue weighted by Gasteiger charge is 2.45. The lowest BCUT2D eigenvalue weighted by Gasteiger charge is -2.39. The van der Waals surface area contributed by atoms with E-state index in [-0.39, 0.29) is 10.9 Å². The maximum atomic E-state index is 12.9. The number of ether oxygens (including phenoxy) is 1. The lowest BCUT2D eigenvalue weighted by Crippen LogP contribution is -2.48. The van der Waals surface area contributed by atoms with E-state index < -0.39 is 15.4 Å². The van der Waals surface area contributed by atoms with E-state index in [0.29, 0.717) is 39.0 Å². The third-order valence-corrected chi connectivity index (χ3v) is 7.07. The Hall–Kier alpha value is -2.18. The van der Waals surface area contributed by atoms with Gasteiger partial charge in [-0.3, -0.25) is 4.79 Å². The van der Waals surface area contributed by atoms with Gasteiger partial charge >= 0.3 is 5.97 Å². The molecule has 144 valence electrons. The molecule has 6 heteroatoms. The van der Waals surface area contributed by atoms with Gasteiger partial charge in [-0.2, -0.15) is 4.31 Å². The number of carbonyl (C=O) groups excluding carboxylic acids is 1. The molecule has 0 atom stereocenters. The standard InChI is InChI=1S/C21H25NO4S/c1-2-26-20(23)21(17-18-9-5-3-6-10-18)13-15-22(16-14-21)27(24,25)19-11-7-4-8-12-19/h3-12H,2,13-17H2,1H3. The molecule has 1 aliphatic rings. The number of sulfonamides is 1. The van der Waals surface area contributed by atoms with Crippen molar-refractivity contribution >= 4 is 16.0 Å². The van der Waals surface area contributed by atoms with Gasteiger partial charge in [-0.1, -0.05) is 48.5 Å². The van der Waals surface area contributed by atoms with E-state index in [1.807, 2.05) is 30.3 Å². The molecule has 0 N–H and O–H groups in total. The van der Waals surface area contributed by atoms with Crippen LogP contribution in [0.25, 0.3) is 0 Å². The largest absolute Gasteiger partial charge is 0.466 e. The summed E-state index contributed by atoms with van der Waals surface area (Å²) >= 11 is 0. The quantitative estimate of drug-likeness (QED) is 0.714. The van der Waals surface area contributed by atoms with Crippen molar-refractivity contribution in [3.8, 4) is 0 Å². The molecule has 1 saturated heterocycles. The zero-order valence-corrected chi connectivity index (χ0v) is 16.3. The molecule has 0 amide bonds. The van der Waals surface area contributed by atoms with Crippen LogP contribution in [0.1, 0.15) is 25.3 Å². The van der Waals surface area contributed by atoms with Crippen molar-refractivity contribution in [1.82, 2.24) is 4.31 Å². The van der Waals surface area contributed by atoms with Crippen molar-refractivity contribution in [3.05, 3.63) is 66.2 Å². The summed E-state index contributed by atoms with van der Waals surface area (Å²) in [6, 6.07) is 18.3. The first-order valence-corrected chi connectivity index (χ1v) is 10.7. The van der Waals surface area contributed by atoms with Gasteiger partial charge in [0.05, 0.1) is 16.9 Å². The van der Waals surface area contributed by atoms with Crippen molar-refractivity contribution < 1.29 is 17.9 Å². The van der Waals surface area contributed by atoms with Crippen molar-refractivity contribution in [2.24, 2.45) is 5.41 Å². The van der Waals surface area contributed by atoms with Crippen molar-refractivity contribution in [3.63, 3.8) is 0 Å². The first-order valence-electron chi connectivity index (χ1n) is 9.24. The van der Waals surface area contributed by atoms with Gasteiger partial charge in [-0.25, -0.2) is 8.42 Å². The second kappa shape index (κ2) is 8.23. The Balaban J connectivity index is 1.80. The molecule has 5 nitrogen and oxygen atoms in total. The van der Waals surface area contributed by atoms with Crippen LogP contribution in [-0.4, -0.2) is 38.4 Å². The Labute approximate surface area is 161 Å². The minimum Gasteiger partial charge on any atom is -0.466 e. The van der Waals surface area contributed by atoms with E-state index in [1.165, 1.54) is 4.31 Å². The molecule has 2 aromatic rings. The Morgan fingerprint density at radius 3 is 2.11 bits per heavy atom. The van der Waals surface area contributed by atoms with Gasteiger partial charge in [0.15, 0.2) is 0 Å². The zero-order chi connectivity index (χ0) is 19.3. The molecule has 3 rings (SSSR count). The van der Waals surface area contributed by atoms with Crippen LogP contribution >= 0.6 is 0 Å². The van der Waals surface area contributed by atoms with Gasteiger partial charge in [-0.05, 0) is 43.9 Å². The van der Waals surface area contributed by atoms with E-state index >= 15 is 0 Å². The second-order valence-electron chi connectivity index (χ2n) is 6.88. The van der Waals surface area contributed by atoms with Gasteiger partial charge in [0.1, 0.15) is 0 Å². The number of rotatable bonds is 6. The molecule has 0 aliphatic carbocycles. The number of esters is 1. The molecular weight excluding hydrogens is 362 g/mol. The molecule has 27 heavy (non-hydrogen) atoms. The van der Waals surface area contributed by atoms with E-state index in [4.69, 9.17) is 4.74 Å². The number of hydrogen-bond acceptors (Lipinski definition) is 4. The Morgan fingerprint density at radius 2 is 1.56 bits per heavy atom. The van der Waals surface area contributed by atoms with Crippen LogP contribution in [0.5, 0.6) is 0 Å². The molecule has 1 heterocycles. The molecule has 0 aromatic heterocycles. The highest BCUT2D eigenvalue weighted by Crippen LogP contribution is 2.38. The fourth-order valence-corrected chi connectivity index (χ4v) is 5.08. The maximum Gasteiger partial charge on any atom is 0.312 e. The number of nitrogens with zero attached hydrogens (tertiary/aromatic N) is 1. The van der Waals surface area contributed by atoms with Crippen LogP contribution in [0.2, 0.25) is 0 Å². The monoisotopic (exact) mass is 387 g/mol. The minimum atomic E-state index is -3.54. The van der Waals surface area contributed by atoms with Crippen LogP contribution in [0, 0.1) is 5.41 Å². The molecule has 0 radical (unpaired) electrons. The predicted molar refractivity (Wildman–Crippen MR) is 104 cm³/mol. The van der Waals surface area contributed by atoms with E-state index in [0.717, 1.165) is 5.56 Å². The number of piperidine rings is 1. The fourth-order valence-electron chi connectivity index (χ4n) is 3.62. The summed E-state index contributed by atoms with van der Waals surface area (Å²) in [6.07, 6.45) is 1.46. The summed E-state index contributed by atoms with van der Waals surface area (Å²) in [7, 11) is -3.54. The molecule has 1 fully saturated rings. The highest BCUT2D eigenvalue weighted by atomic mass is 32.2. The summed E-state index contributed by atoms with van der Waals surface area (Å²) in [5, 5.41) is 0. The van der Waals surface area contributed by atoms with E-state index in [2.05, 4.69) is 0 Å². The van der Waals surface area contributed by atoms with Crippen molar-refractivity contribution in [2.75, 3.05) is 19.7 Å². The molecule has 0 saturated carbocycles. The normalized spacial score (nSPS) is 17.4. The summed E-state index contributed by atoms with van der Waals surface area (Å²) in [6.45, 7) is 2.73. The van der Waals surface area contributed by atoms with Crippen LogP contribution < -0.4 is 0 Å². The van der Waals surface area contributed by atoms with Gasteiger partial charge in [0.2, 0.25) is 10.0 Å². The molecular formula is C21H25NO4S. The second-order valence-corrected chi connectivity index (χ2v) is 8.82. The van der Waals surface area contributed by atoms with Gasteiger partial charge in [0, 0.05) is 13.1 Å².